The fourth-order valence-electron chi connectivity index (χ4n) is 3.19. The van der Waals surface area contributed by atoms with E-state index in [4.69, 9.17) is 10.5 Å². The molecule has 1 aliphatic rings. The molecule has 1 aliphatic carbocycles. The highest BCUT2D eigenvalue weighted by Crippen LogP contribution is 2.31. The largest absolute Gasteiger partial charge is 0.497 e. The van der Waals surface area contributed by atoms with E-state index in [-0.39, 0.29) is 11.6 Å². The summed E-state index contributed by atoms with van der Waals surface area (Å²) in [5.74, 6) is 1.56. The maximum Gasteiger partial charge on any atom is 0.330 e. The van der Waals surface area contributed by atoms with Gasteiger partial charge in [0.2, 0.25) is 5.95 Å². The maximum atomic E-state index is 13.0. The molecule has 1 fully saturated rings. The number of aryl methyl sites for hydroxylation is 1. The van der Waals surface area contributed by atoms with Gasteiger partial charge in [0.05, 0.1) is 19.3 Å². The van der Waals surface area contributed by atoms with Gasteiger partial charge in [0.1, 0.15) is 11.3 Å². The number of imidazole rings is 1. The molecule has 4 rings (SSSR count). The van der Waals surface area contributed by atoms with E-state index in [0.717, 1.165) is 29.1 Å². The molecule has 0 unspecified atom stereocenters. The number of anilines is 1. The third-order valence-electron chi connectivity index (χ3n) is 4.68. The van der Waals surface area contributed by atoms with Crippen LogP contribution >= 0.6 is 0 Å². The SMILES string of the molecule is COc1ccc(Cn2c(=O)n(CC3CC3)c3c(C)nc(N)nc32)cc1. The van der Waals surface area contributed by atoms with Crippen molar-refractivity contribution in [2.24, 2.45) is 5.92 Å². The predicted molar refractivity (Wildman–Crippen MR) is 95.8 cm³/mol. The first-order chi connectivity index (χ1) is 12.1. The number of nitrogens with zero attached hydrogens (tertiary/aromatic N) is 4. The lowest BCUT2D eigenvalue weighted by Crippen LogP contribution is -2.25. The van der Waals surface area contributed by atoms with Gasteiger partial charge in [0.15, 0.2) is 5.65 Å². The number of hydrogen-bond donors (Lipinski definition) is 1. The summed E-state index contributed by atoms with van der Waals surface area (Å²) >= 11 is 0. The molecule has 7 heteroatoms. The summed E-state index contributed by atoms with van der Waals surface area (Å²) in [5, 5.41) is 0. The Morgan fingerprint density at radius 3 is 2.56 bits per heavy atom. The minimum atomic E-state index is -0.0549. The van der Waals surface area contributed by atoms with Crippen molar-refractivity contribution in [2.45, 2.75) is 32.9 Å². The number of nitrogens with two attached hydrogens (primary N) is 1. The van der Waals surface area contributed by atoms with Gasteiger partial charge in [-0.25, -0.2) is 9.78 Å². The average Bonchev–Trinajstić information content (AvgIpc) is 3.37. The van der Waals surface area contributed by atoms with E-state index in [9.17, 15) is 4.79 Å². The summed E-state index contributed by atoms with van der Waals surface area (Å²) in [6, 6.07) is 7.68. The van der Waals surface area contributed by atoms with Gasteiger partial charge in [-0.3, -0.25) is 9.13 Å². The zero-order valence-electron chi connectivity index (χ0n) is 14.4. The second kappa shape index (κ2) is 5.91. The first-order valence-corrected chi connectivity index (χ1v) is 8.43. The lowest BCUT2D eigenvalue weighted by Gasteiger charge is -2.05. The quantitative estimate of drug-likeness (QED) is 0.767. The topological polar surface area (TPSA) is 88.0 Å². The normalized spacial score (nSPS) is 14.2. The molecule has 0 aliphatic heterocycles. The molecule has 0 saturated heterocycles. The first kappa shape index (κ1) is 15.7. The van der Waals surface area contributed by atoms with E-state index in [2.05, 4.69) is 9.97 Å². The van der Waals surface area contributed by atoms with Gasteiger partial charge in [-0.2, -0.15) is 4.98 Å². The smallest absolute Gasteiger partial charge is 0.330 e. The van der Waals surface area contributed by atoms with Crippen LogP contribution in [0.4, 0.5) is 5.95 Å². The third kappa shape index (κ3) is 2.86. The van der Waals surface area contributed by atoms with Crippen LogP contribution in [-0.4, -0.2) is 26.2 Å². The van der Waals surface area contributed by atoms with Gasteiger partial charge < -0.3 is 10.5 Å². The third-order valence-corrected chi connectivity index (χ3v) is 4.68. The number of rotatable bonds is 5. The number of nitrogen functional groups attached to an aromatic ring is 1. The van der Waals surface area contributed by atoms with Crippen molar-refractivity contribution in [1.82, 2.24) is 19.1 Å². The van der Waals surface area contributed by atoms with Crippen LogP contribution in [0.3, 0.4) is 0 Å². The number of hydrogen-bond acceptors (Lipinski definition) is 5. The zero-order chi connectivity index (χ0) is 17.6. The van der Waals surface area contributed by atoms with E-state index < -0.39 is 0 Å². The number of ether oxygens (including phenoxy) is 1. The summed E-state index contributed by atoms with van der Waals surface area (Å²) < 4.78 is 8.69. The summed E-state index contributed by atoms with van der Waals surface area (Å²) in [5.41, 5.74) is 8.92. The molecule has 3 aromatic rings. The number of aromatic nitrogens is 4. The molecule has 130 valence electrons. The molecular formula is C18H21N5O2. The van der Waals surface area contributed by atoms with Crippen molar-refractivity contribution in [3.05, 3.63) is 46.0 Å². The van der Waals surface area contributed by atoms with Crippen LogP contribution in [-0.2, 0) is 13.1 Å². The lowest BCUT2D eigenvalue weighted by molar-refractivity contribution is 0.414. The molecule has 1 saturated carbocycles. The van der Waals surface area contributed by atoms with Crippen molar-refractivity contribution in [2.75, 3.05) is 12.8 Å². The molecule has 25 heavy (non-hydrogen) atoms. The summed E-state index contributed by atoms with van der Waals surface area (Å²) in [4.78, 5) is 21.6. The van der Waals surface area contributed by atoms with Gasteiger partial charge in [-0.05, 0) is 43.4 Å². The van der Waals surface area contributed by atoms with Gasteiger partial charge in [-0.1, -0.05) is 12.1 Å². The average molecular weight is 339 g/mol. The highest BCUT2D eigenvalue weighted by molar-refractivity contribution is 5.75. The molecule has 0 atom stereocenters. The Balaban J connectivity index is 1.83. The Morgan fingerprint density at radius 1 is 1.20 bits per heavy atom. The maximum absolute atomic E-state index is 13.0. The molecule has 1 aromatic carbocycles. The highest BCUT2D eigenvalue weighted by atomic mass is 16.5. The summed E-state index contributed by atoms with van der Waals surface area (Å²) in [6.45, 7) is 3.03. The number of methoxy groups -OCH3 is 1. The molecule has 0 spiro atoms. The van der Waals surface area contributed by atoms with Crippen molar-refractivity contribution < 1.29 is 4.74 Å². The summed E-state index contributed by atoms with van der Waals surface area (Å²) in [7, 11) is 1.63. The van der Waals surface area contributed by atoms with Crippen LogP contribution in [0.1, 0.15) is 24.1 Å². The molecular weight excluding hydrogens is 318 g/mol. The fraction of sp³-hybridized carbons (Fsp3) is 0.389. The van der Waals surface area contributed by atoms with Crippen molar-refractivity contribution in [3.8, 4) is 5.75 Å². The van der Waals surface area contributed by atoms with Crippen LogP contribution in [0, 0.1) is 12.8 Å². The molecule has 7 nitrogen and oxygen atoms in total. The molecule has 0 bridgehead atoms. The Labute approximate surface area is 145 Å². The minimum Gasteiger partial charge on any atom is -0.497 e. The molecule has 2 N–H and O–H groups in total. The van der Waals surface area contributed by atoms with Crippen molar-refractivity contribution >= 4 is 17.1 Å². The Bertz CT molecular complexity index is 983. The van der Waals surface area contributed by atoms with E-state index in [1.165, 1.54) is 12.8 Å². The second-order valence-corrected chi connectivity index (χ2v) is 6.61. The van der Waals surface area contributed by atoms with Gasteiger partial charge in [0, 0.05) is 6.54 Å². The predicted octanol–water partition coefficient (Wildman–Crippen LogP) is 1.95. The monoisotopic (exact) mass is 339 g/mol. The standard InChI is InChI=1S/C18H21N5O2/c1-11-15-16(21-17(19)20-11)23(18(24)22(15)9-12-3-4-12)10-13-5-7-14(25-2)8-6-13/h5-8,12H,3-4,9-10H2,1-2H3,(H2,19,20,21). The highest BCUT2D eigenvalue weighted by Gasteiger charge is 2.26. The van der Waals surface area contributed by atoms with Gasteiger partial charge >= 0.3 is 5.69 Å². The Morgan fingerprint density at radius 2 is 1.92 bits per heavy atom. The van der Waals surface area contributed by atoms with Crippen molar-refractivity contribution in [3.63, 3.8) is 0 Å². The van der Waals surface area contributed by atoms with Gasteiger partial charge in [0.25, 0.3) is 0 Å². The van der Waals surface area contributed by atoms with Crippen LogP contribution in [0.5, 0.6) is 5.75 Å². The van der Waals surface area contributed by atoms with E-state index in [1.54, 1.807) is 11.7 Å². The lowest BCUT2D eigenvalue weighted by atomic mass is 10.2. The molecule has 0 amide bonds. The van der Waals surface area contributed by atoms with Crippen molar-refractivity contribution in [1.29, 1.82) is 0 Å². The molecule has 2 heterocycles. The van der Waals surface area contributed by atoms with Crippen LogP contribution in [0.25, 0.3) is 11.2 Å². The zero-order valence-corrected chi connectivity index (χ0v) is 14.4. The van der Waals surface area contributed by atoms with E-state index in [1.807, 2.05) is 35.8 Å². The summed E-state index contributed by atoms with van der Waals surface area (Å²) in [6.07, 6.45) is 2.35. The van der Waals surface area contributed by atoms with E-state index >= 15 is 0 Å². The Kier molecular flexibility index (Phi) is 3.71. The number of fused-ring (bicyclic) bond motifs is 1. The molecule has 2 aromatic heterocycles. The number of benzene rings is 1. The molecule has 0 radical (unpaired) electrons. The second-order valence-electron chi connectivity index (χ2n) is 6.61. The van der Waals surface area contributed by atoms with Crippen LogP contribution in [0.15, 0.2) is 29.1 Å². The fourth-order valence-corrected chi connectivity index (χ4v) is 3.19. The van der Waals surface area contributed by atoms with Gasteiger partial charge in [-0.15, -0.1) is 0 Å². The van der Waals surface area contributed by atoms with Crippen LogP contribution < -0.4 is 16.2 Å². The Hall–Kier alpha value is -2.83. The first-order valence-electron chi connectivity index (χ1n) is 8.43. The van der Waals surface area contributed by atoms with Crippen LogP contribution in [0.2, 0.25) is 0 Å². The minimum absolute atomic E-state index is 0.0549. The van der Waals surface area contributed by atoms with E-state index in [0.29, 0.717) is 18.1 Å².